The number of rotatable bonds is 1. The minimum atomic E-state index is -0.546. The van der Waals surface area contributed by atoms with Crippen LogP contribution in [0.1, 0.15) is 12.5 Å². The van der Waals surface area contributed by atoms with E-state index in [1.54, 1.807) is 25.1 Å². The lowest BCUT2D eigenvalue weighted by Crippen LogP contribution is -2.02. The van der Waals surface area contributed by atoms with Crippen LogP contribution in [0.2, 0.25) is 0 Å². The quantitative estimate of drug-likeness (QED) is 0.520. The molecule has 1 aromatic carbocycles. The molecule has 0 fully saturated rings. The molecule has 76 valence electrons. The molecular weight excluding hydrogens is 197 g/mol. The van der Waals surface area contributed by atoms with Crippen LogP contribution in [0, 0.1) is 5.82 Å². The SMILES string of the molecule is CC1=NOC(=O)C1=Cc1ccccc1F. The normalized spacial score (nSPS) is 17.9. The molecule has 1 aliphatic rings. The average molecular weight is 205 g/mol. The summed E-state index contributed by atoms with van der Waals surface area (Å²) in [7, 11) is 0. The molecule has 0 aliphatic carbocycles. The lowest BCUT2D eigenvalue weighted by Gasteiger charge is -1.96. The Morgan fingerprint density at radius 3 is 2.73 bits per heavy atom. The van der Waals surface area contributed by atoms with Crippen molar-refractivity contribution in [3.63, 3.8) is 0 Å². The summed E-state index contributed by atoms with van der Waals surface area (Å²) < 4.78 is 13.3. The Bertz CT molecular complexity index is 477. The van der Waals surface area contributed by atoms with Gasteiger partial charge in [-0.05, 0) is 19.1 Å². The highest BCUT2D eigenvalue weighted by Crippen LogP contribution is 2.17. The van der Waals surface area contributed by atoms with Crippen molar-refractivity contribution in [1.29, 1.82) is 0 Å². The summed E-state index contributed by atoms with van der Waals surface area (Å²) >= 11 is 0. The summed E-state index contributed by atoms with van der Waals surface area (Å²) in [5.74, 6) is -0.923. The average Bonchev–Trinajstić information content (AvgIpc) is 2.53. The minimum absolute atomic E-state index is 0.292. The van der Waals surface area contributed by atoms with Gasteiger partial charge in [-0.2, -0.15) is 0 Å². The fourth-order valence-corrected chi connectivity index (χ4v) is 1.27. The maximum atomic E-state index is 13.3. The predicted octanol–water partition coefficient (Wildman–Crippen LogP) is 2.14. The molecular formula is C11H8FNO2. The second-order valence-corrected chi connectivity index (χ2v) is 3.13. The molecule has 4 heteroatoms. The van der Waals surface area contributed by atoms with E-state index < -0.39 is 5.97 Å². The van der Waals surface area contributed by atoms with E-state index in [2.05, 4.69) is 9.99 Å². The van der Waals surface area contributed by atoms with Crippen LogP contribution in [0.3, 0.4) is 0 Å². The topological polar surface area (TPSA) is 38.7 Å². The Balaban J connectivity index is 2.43. The van der Waals surface area contributed by atoms with Crippen molar-refractivity contribution in [3.8, 4) is 0 Å². The van der Waals surface area contributed by atoms with E-state index >= 15 is 0 Å². The number of halogens is 1. The first-order valence-corrected chi connectivity index (χ1v) is 4.41. The molecule has 3 nitrogen and oxygen atoms in total. The van der Waals surface area contributed by atoms with Gasteiger partial charge < -0.3 is 4.84 Å². The van der Waals surface area contributed by atoms with Crippen LogP contribution in [-0.2, 0) is 9.63 Å². The standard InChI is InChI=1S/C11H8FNO2/c1-7-9(11(14)15-13-7)6-8-4-2-3-5-10(8)12/h2-6H,1H3. The van der Waals surface area contributed by atoms with Crippen LogP contribution in [-0.4, -0.2) is 11.7 Å². The van der Waals surface area contributed by atoms with Crippen molar-refractivity contribution in [3.05, 3.63) is 41.2 Å². The van der Waals surface area contributed by atoms with Gasteiger partial charge in [-0.3, -0.25) is 0 Å². The molecule has 0 spiro atoms. The Labute approximate surface area is 85.9 Å². The molecule has 15 heavy (non-hydrogen) atoms. The van der Waals surface area contributed by atoms with Crippen molar-refractivity contribution in [2.45, 2.75) is 6.92 Å². The number of carbonyl (C=O) groups is 1. The largest absolute Gasteiger partial charge is 0.367 e. The highest BCUT2D eigenvalue weighted by molar-refractivity contribution is 6.24. The van der Waals surface area contributed by atoms with Crippen LogP contribution in [0.15, 0.2) is 35.0 Å². The van der Waals surface area contributed by atoms with Gasteiger partial charge in [0, 0.05) is 5.56 Å². The fourth-order valence-electron chi connectivity index (χ4n) is 1.27. The first kappa shape index (κ1) is 9.58. The zero-order valence-corrected chi connectivity index (χ0v) is 8.03. The second-order valence-electron chi connectivity index (χ2n) is 3.13. The molecule has 0 N–H and O–H groups in total. The molecule has 0 radical (unpaired) electrons. The summed E-state index contributed by atoms with van der Waals surface area (Å²) in [5, 5.41) is 3.50. The van der Waals surface area contributed by atoms with Crippen LogP contribution >= 0.6 is 0 Å². The maximum Gasteiger partial charge on any atom is 0.367 e. The van der Waals surface area contributed by atoms with Gasteiger partial charge in [0.15, 0.2) is 0 Å². The van der Waals surface area contributed by atoms with E-state index in [0.29, 0.717) is 16.8 Å². The Morgan fingerprint density at radius 1 is 1.40 bits per heavy atom. The molecule has 2 rings (SSSR count). The minimum Gasteiger partial charge on any atom is -0.312 e. The molecule has 1 heterocycles. The van der Waals surface area contributed by atoms with Gasteiger partial charge in [-0.15, -0.1) is 0 Å². The molecule has 0 amide bonds. The van der Waals surface area contributed by atoms with E-state index in [1.807, 2.05) is 0 Å². The first-order chi connectivity index (χ1) is 7.18. The highest BCUT2D eigenvalue weighted by Gasteiger charge is 2.21. The fraction of sp³-hybridized carbons (Fsp3) is 0.0909. The maximum absolute atomic E-state index is 13.3. The van der Waals surface area contributed by atoms with E-state index in [-0.39, 0.29) is 5.82 Å². The third kappa shape index (κ3) is 1.79. The van der Waals surface area contributed by atoms with E-state index in [1.165, 1.54) is 12.1 Å². The van der Waals surface area contributed by atoms with Crippen molar-refractivity contribution in [2.75, 3.05) is 0 Å². The number of nitrogens with zero attached hydrogens (tertiary/aromatic N) is 1. The van der Waals surface area contributed by atoms with Gasteiger partial charge in [0.25, 0.3) is 0 Å². The molecule has 0 bridgehead atoms. The monoisotopic (exact) mass is 205 g/mol. The van der Waals surface area contributed by atoms with E-state index in [4.69, 9.17) is 0 Å². The summed E-state index contributed by atoms with van der Waals surface area (Å²) in [6.07, 6.45) is 1.43. The van der Waals surface area contributed by atoms with Crippen LogP contribution < -0.4 is 0 Å². The lowest BCUT2D eigenvalue weighted by molar-refractivity contribution is -0.136. The molecule has 0 saturated carbocycles. The van der Waals surface area contributed by atoms with Crippen molar-refractivity contribution in [2.24, 2.45) is 5.16 Å². The zero-order valence-electron chi connectivity index (χ0n) is 8.03. The van der Waals surface area contributed by atoms with Crippen molar-refractivity contribution in [1.82, 2.24) is 0 Å². The summed E-state index contributed by atoms with van der Waals surface area (Å²) in [6, 6.07) is 6.20. The third-order valence-electron chi connectivity index (χ3n) is 2.08. The number of hydrogen-bond acceptors (Lipinski definition) is 3. The van der Waals surface area contributed by atoms with Gasteiger partial charge in [0.1, 0.15) is 5.82 Å². The predicted molar refractivity (Wildman–Crippen MR) is 53.6 cm³/mol. The van der Waals surface area contributed by atoms with Gasteiger partial charge in [-0.1, -0.05) is 23.4 Å². The van der Waals surface area contributed by atoms with Crippen LogP contribution in [0.5, 0.6) is 0 Å². The Hall–Kier alpha value is -1.97. The number of oxime groups is 1. The zero-order chi connectivity index (χ0) is 10.8. The van der Waals surface area contributed by atoms with Crippen molar-refractivity contribution >= 4 is 17.8 Å². The van der Waals surface area contributed by atoms with Gasteiger partial charge in [-0.25, -0.2) is 9.18 Å². The molecule has 1 aliphatic heterocycles. The number of hydrogen-bond donors (Lipinski definition) is 0. The van der Waals surface area contributed by atoms with E-state index in [9.17, 15) is 9.18 Å². The number of benzene rings is 1. The van der Waals surface area contributed by atoms with Crippen LogP contribution in [0.4, 0.5) is 4.39 Å². The smallest absolute Gasteiger partial charge is 0.312 e. The lowest BCUT2D eigenvalue weighted by atomic mass is 10.1. The highest BCUT2D eigenvalue weighted by atomic mass is 19.1. The molecule has 0 aromatic heterocycles. The van der Waals surface area contributed by atoms with Gasteiger partial charge in [0.05, 0.1) is 11.3 Å². The van der Waals surface area contributed by atoms with Gasteiger partial charge >= 0.3 is 5.97 Å². The molecule has 0 atom stereocenters. The molecule has 0 unspecified atom stereocenters. The molecule has 1 aromatic rings. The Morgan fingerprint density at radius 2 is 2.13 bits per heavy atom. The summed E-state index contributed by atoms with van der Waals surface area (Å²) in [6.45, 7) is 1.64. The van der Waals surface area contributed by atoms with Crippen LogP contribution in [0.25, 0.3) is 6.08 Å². The molecule has 0 saturated heterocycles. The second kappa shape index (κ2) is 3.65. The van der Waals surface area contributed by atoms with Gasteiger partial charge in [0.2, 0.25) is 0 Å². The first-order valence-electron chi connectivity index (χ1n) is 4.41. The van der Waals surface area contributed by atoms with E-state index in [0.717, 1.165) is 0 Å². The third-order valence-corrected chi connectivity index (χ3v) is 2.08. The summed E-state index contributed by atoms with van der Waals surface area (Å²) in [4.78, 5) is 15.6. The number of carbonyl (C=O) groups excluding carboxylic acids is 1. The van der Waals surface area contributed by atoms with Crippen molar-refractivity contribution < 1.29 is 14.0 Å². The summed E-state index contributed by atoms with van der Waals surface area (Å²) in [5.41, 5.74) is 1.10. The Kier molecular flexibility index (Phi) is 2.33.